The lowest BCUT2D eigenvalue weighted by Crippen LogP contribution is -2.28. The number of benzene rings is 1. The van der Waals surface area contributed by atoms with Gasteiger partial charge < -0.3 is 23.7 Å². The Morgan fingerprint density at radius 1 is 0.774 bits per heavy atom. The molecular formula is C26H42O5. The summed E-state index contributed by atoms with van der Waals surface area (Å²) in [5.74, 6) is 0.885. The van der Waals surface area contributed by atoms with Crippen LogP contribution in [0.5, 0.6) is 5.75 Å². The third-order valence-electron chi connectivity index (χ3n) is 6.34. The summed E-state index contributed by atoms with van der Waals surface area (Å²) in [4.78, 5) is 0. The van der Waals surface area contributed by atoms with Crippen LogP contribution in [0.2, 0.25) is 0 Å². The summed E-state index contributed by atoms with van der Waals surface area (Å²) in [5, 5.41) is 0. The Balaban J connectivity index is 1.77. The van der Waals surface area contributed by atoms with E-state index in [4.69, 9.17) is 23.7 Å². The molecule has 1 aliphatic carbocycles. The second kappa shape index (κ2) is 13.4. The fourth-order valence-corrected chi connectivity index (χ4v) is 4.74. The van der Waals surface area contributed by atoms with E-state index in [9.17, 15) is 0 Å². The fraction of sp³-hybridized carbons (Fsp3) is 0.769. The molecule has 2 aliphatic heterocycles. The Kier molecular flexibility index (Phi) is 10.6. The van der Waals surface area contributed by atoms with Crippen molar-refractivity contribution in [1.29, 1.82) is 0 Å². The predicted octanol–water partition coefficient (Wildman–Crippen LogP) is 6.04. The molecule has 2 bridgehead atoms. The van der Waals surface area contributed by atoms with Gasteiger partial charge >= 0.3 is 0 Å². The minimum absolute atomic E-state index is 0.261. The Morgan fingerprint density at radius 2 is 1.39 bits per heavy atom. The van der Waals surface area contributed by atoms with E-state index in [0.717, 1.165) is 42.6 Å². The van der Waals surface area contributed by atoms with Crippen molar-refractivity contribution in [3.05, 3.63) is 28.8 Å². The smallest absolute Gasteiger partial charge is 0.188 e. The molecule has 4 rings (SSSR count). The van der Waals surface area contributed by atoms with Gasteiger partial charge in [-0.1, -0.05) is 43.7 Å². The van der Waals surface area contributed by atoms with Gasteiger partial charge in [-0.2, -0.15) is 0 Å². The second-order valence-electron chi connectivity index (χ2n) is 9.08. The average molecular weight is 435 g/mol. The van der Waals surface area contributed by atoms with Crippen LogP contribution in [0.4, 0.5) is 0 Å². The predicted molar refractivity (Wildman–Crippen MR) is 123 cm³/mol. The highest BCUT2D eigenvalue weighted by atomic mass is 16.7. The van der Waals surface area contributed by atoms with E-state index in [0.29, 0.717) is 26.4 Å². The molecule has 0 aromatic heterocycles. The van der Waals surface area contributed by atoms with E-state index in [1.807, 2.05) is 0 Å². The maximum Gasteiger partial charge on any atom is 0.188 e. The molecule has 1 saturated carbocycles. The number of hydrogen-bond acceptors (Lipinski definition) is 5. The van der Waals surface area contributed by atoms with Crippen LogP contribution >= 0.6 is 0 Å². The molecule has 3 aliphatic rings. The minimum atomic E-state index is -0.363. The second-order valence-corrected chi connectivity index (χ2v) is 9.08. The van der Waals surface area contributed by atoms with Crippen molar-refractivity contribution in [2.75, 3.05) is 33.5 Å². The van der Waals surface area contributed by atoms with E-state index in [2.05, 4.69) is 26.0 Å². The van der Waals surface area contributed by atoms with Crippen molar-refractivity contribution in [2.24, 2.45) is 0 Å². The first-order chi connectivity index (χ1) is 15.2. The third-order valence-corrected chi connectivity index (χ3v) is 6.34. The van der Waals surface area contributed by atoms with Crippen molar-refractivity contribution in [2.45, 2.75) is 96.6 Å². The molecule has 2 saturated heterocycles. The quantitative estimate of drug-likeness (QED) is 0.467. The molecule has 0 N–H and O–H groups in total. The monoisotopic (exact) mass is 434 g/mol. The van der Waals surface area contributed by atoms with Crippen LogP contribution in [-0.2, 0) is 18.9 Å². The highest BCUT2D eigenvalue weighted by molar-refractivity contribution is 5.44. The van der Waals surface area contributed by atoms with Crippen molar-refractivity contribution in [3.8, 4) is 5.75 Å². The summed E-state index contributed by atoms with van der Waals surface area (Å²) < 4.78 is 30.1. The molecule has 3 fully saturated rings. The van der Waals surface area contributed by atoms with Gasteiger partial charge in [-0.05, 0) is 57.6 Å². The van der Waals surface area contributed by atoms with E-state index in [1.165, 1.54) is 44.1 Å². The van der Waals surface area contributed by atoms with Crippen LogP contribution in [0.25, 0.3) is 0 Å². The van der Waals surface area contributed by atoms with E-state index in [1.54, 1.807) is 7.11 Å². The van der Waals surface area contributed by atoms with E-state index in [-0.39, 0.29) is 18.5 Å². The first kappa shape index (κ1) is 24.5. The molecular weight excluding hydrogens is 392 g/mol. The molecule has 1 aromatic carbocycles. The summed E-state index contributed by atoms with van der Waals surface area (Å²) in [5.41, 5.74) is 3.36. The average Bonchev–Trinajstić information content (AvgIpc) is 2.71. The Morgan fingerprint density at radius 3 is 2.06 bits per heavy atom. The van der Waals surface area contributed by atoms with Gasteiger partial charge in [-0.3, -0.25) is 0 Å². The van der Waals surface area contributed by atoms with E-state index < -0.39 is 0 Å². The van der Waals surface area contributed by atoms with Gasteiger partial charge in [0, 0.05) is 7.11 Å². The Bertz CT molecular complexity index is 625. The normalized spacial score (nSPS) is 25.5. The van der Waals surface area contributed by atoms with Crippen LogP contribution in [0.15, 0.2) is 12.1 Å². The summed E-state index contributed by atoms with van der Waals surface area (Å²) >= 11 is 0. The first-order valence-corrected chi connectivity index (χ1v) is 12.3. The van der Waals surface area contributed by atoms with Gasteiger partial charge in [0.15, 0.2) is 6.29 Å². The third kappa shape index (κ3) is 8.05. The fourth-order valence-electron chi connectivity index (χ4n) is 4.74. The molecule has 0 radical (unpaired) electrons. The topological polar surface area (TPSA) is 46.2 Å². The van der Waals surface area contributed by atoms with Crippen LogP contribution in [0.3, 0.4) is 0 Å². The zero-order chi connectivity index (χ0) is 21.9. The van der Waals surface area contributed by atoms with Gasteiger partial charge in [-0.15, -0.1) is 0 Å². The number of aryl methyl sites for hydroxylation is 2. The maximum absolute atomic E-state index is 6.64. The molecule has 31 heavy (non-hydrogen) atoms. The van der Waals surface area contributed by atoms with Crippen molar-refractivity contribution in [1.82, 2.24) is 0 Å². The summed E-state index contributed by atoms with van der Waals surface area (Å²) in [7, 11) is 1.68. The van der Waals surface area contributed by atoms with Crippen LogP contribution in [-0.4, -0.2) is 45.7 Å². The molecule has 0 amide bonds. The van der Waals surface area contributed by atoms with Crippen molar-refractivity contribution in [3.63, 3.8) is 0 Å². The first-order valence-electron chi connectivity index (χ1n) is 12.3. The zero-order valence-electron chi connectivity index (χ0n) is 19.8. The number of fused-ring (bicyclic) bond motifs is 10. The lowest BCUT2D eigenvalue weighted by Gasteiger charge is -2.34. The SMILES string of the molecule is COCCOCCOc1c(C)cc(C)cc1C1OC2CCCCCCCC(CCC2)O1. The standard InChI is InChI=1S/C26H42O5/c1-20-18-21(2)25(29-17-16-28-15-14-27-3)24(19-20)26-30-22-10-7-5-4-6-8-11-23(31-26)13-9-12-22/h18-19,22-23,26H,4-17H2,1-3H3. The lowest BCUT2D eigenvalue weighted by molar-refractivity contribution is -0.215. The maximum atomic E-state index is 6.64. The van der Waals surface area contributed by atoms with Crippen LogP contribution in [0.1, 0.15) is 87.2 Å². The number of hydrogen-bond donors (Lipinski definition) is 0. The summed E-state index contributed by atoms with van der Waals surface area (Å²) in [6.07, 6.45) is 12.3. The highest BCUT2D eigenvalue weighted by Crippen LogP contribution is 2.38. The van der Waals surface area contributed by atoms with Crippen LogP contribution in [0, 0.1) is 13.8 Å². The molecule has 5 heteroatoms. The molecule has 176 valence electrons. The lowest BCUT2D eigenvalue weighted by atomic mass is 9.96. The van der Waals surface area contributed by atoms with Gasteiger partial charge in [0.25, 0.3) is 0 Å². The van der Waals surface area contributed by atoms with Crippen molar-refractivity contribution >= 4 is 0 Å². The molecule has 2 heterocycles. The van der Waals surface area contributed by atoms with Gasteiger partial charge in [0.1, 0.15) is 12.4 Å². The van der Waals surface area contributed by atoms with Crippen molar-refractivity contribution < 1.29 is 23.7 Å². The number of rotatable bonds is 8. The zero-order valence-corrected chi connectivity index (χ0v) is 19.8. The summed E-state index contributed by atoms with van der Waals surface area (Å²) in [6, 6.07) is 4.35. The summed E-state index contributed by atoms with van der Waals surface area (Å²) in [6.45, 7) is 6.45. The van der Waals surface area contributed by atoms with Gasteiger partial charge in [0.2, 0.25) is 0 Å². The number of ether oxygens (including phenoxy) is 5. The molecule has 2 unspecified atom stereocenters. The molecule has 1 aromatic rings. The minimum Gasteiger partial charge on any atom is -0.490 e. The molecule has 0 spiro atoms. The Labute approximate surface area is 188 Å². The Hall–Kier alpha value is -1.14. The van der Waals surface area contributed by atoms with Crippen LogP contribution < -0.4 is 4.74 Å². The largest absolute Gasteiger partial charge is 0.490 e. The molecule has 5 nitrogen and oxygen atoms in total. The van der Waals surface area contributed by atoms with E-state index >= 15 is 0 Å². The number of methoxy groups -OCH3 is 1. The van der Waals surface area contributed by atoms with Gasteiger partial charge in [0.05, 0.1) is 37.6 Å². The highest BCUT2D eigenvalue weighted by Gasteiger charge is 2.29. The molecule has 2 atom stereocenters. The van der Waals surface area contributed by atoms with Gasteiger partial charge in [-0.25, -0.2) is 0 Å².